The van der Waals surface area contributed by atoms with Gasteiger partial charge >= 0.3 is 0 Å². The smallest absolute Gasteiger partial charge is 0.188 e. The van der Waals surface area contributed by atoms with Crippen LogP contribution in [0.15, 0.2) is 35.6 Å². The minimum Gasteiger partial charge on any atom is -0.382 e. The molecule has 2 rings (SSSR count). The van der Waals surface area contributed by atoms with E-state index in [2.05, 4.69) is 15.3 Å². The molecule has 6 nitrogen and oxygen atoms in total. The first-order chi connectivity index (χ1) is 11.6. The van der Waals surface area contributed by atoms with Crippen molar-refractivity contribution in [1.29, 1.82) is 0 Å². The lowest BCUT2D eigenvalue weighted by molar-refractivity contribution is 0.145. The summed E-state index contributed by atoms with van der Waals surface area (Å²) in [5, 5.41) is 3.01. The van der Waals surface area contributed by atoms with E-state index in [1.165, 1.54) is 6.07 Å². The number of aryl methyl sites for hydroxylation is 1. The van der Waals surface area contributed by atoms with Crippen molar-refractivity contribution in [2.24, 2.45) is 10.7 Å². The van der Waals surface area contributed by atoms with Gasteiger partial charge in [0.15, 0.2) is 5.96 Å². The summed E-state index contributed by atoms with van der Waals surface area (Å²) in [7, 11) is 0. The molecule has 0 saturated heterocycles. The number of rotatable bonds is 8. The fraction of sp³-hybridized carbons (Fsp3) is 0.412. The van der Waals surface area contributed by atoms with Gasteiger partial charge in [-0.15, -0.1) is 0 Å². The minimum atomic E-state index is -0.313. The van der Waals surface area contributed by atoms with E-state index in [9.17, 15) is 4.39 Å². The second-order valence-corrected chi connectivity index (χ2v) is 5.31. The monoisotopic (exact) mass is 333 g/mol. The van der Waals surface area contributed by atoms with E-state index in [1.807, 2.05) is 19.9 Å². The van der Waals surface area contributed by atoms with Gasteiger partial charge in [0.1, 0.15) is 11.6 Å². The van der Waals surface area contributed by atoms with E-state index in [0.717, 1.165) is 17.8 Å². The lowest BCUT2D eigenvalue weighted by Gasteiger charge is -2.08. The largest absolute Gasteiger partial charge is 0.382 e. The van der Waals surface area contributed by atoms with Crippen LogP contribution in [0.1, 0.15) is 24.7 Å². The van der Waals surface area contributed by atoms with E-state index in [-0.39, 0.29) is 5.82 Å². The third-order valence-corrected chi connectivity index (χ3v) is 3.51. The number of guanidine groups is 1. The third kappa shape index (κ3) is 5.06. The van der Waals surface area contributed by atoms with Crippen LogP contribution in [0.2, 0.25) is 0 Å². The van der Waals surface area contributed by atoms with Crippen LogP contribution in [-0.4, -0.2) is 35.3 Å². The molecule has 0 aliphatic heterocycles. The number of nitrogens with one attached hydrogen (secondary N) is 1. The second kappa shape index (κ2) is 9.02. The summed E-state index contributed by atoms with van der Waals surface area (Å²) in [4.78, 5) is 8.32. The van der Waals surface area contributed by atoms with Crippen molar-refractivity contribution < 1.29 is 9.13 Å². The van der Waals surface area contributed by atoms with Crippen LogP contribution < -0.4 is 11.1 Å². The first-order valence-corrected chi connectivity index (χ1v) is 8.02. The number of nitrogens with zero attached hydrogens (tertiary/aromatic N) is 3. The summed E-state index contributed by atoms with van der Waals surface area (Å²) in [6, 6.07) is 5.03. The maximum Gasteiger partial charge on any atom is 0.188 e. The quantitative estimate of drug-likeness (QED) is 0.441. The fourth-order valence-corrected chi connectivity index (χ4v) is 2.24. The van der Waals surface area contributed by atoms with E-state index >= 15 is 0 Å². The molecule has 1 aromatic heterocycles. The van der Waals surface area contributed by atoms with Crippen LogP contribution in [0.3, 0.4) is 0 Å². The number of nitrogens with two attached hydrogens (primary N) is 1. The number of hydrogen-bond donors (Lipinski definition) is 2. The molecular formula is C17H24FN5O. The van der Waals surface area contributed by atoms with Gasteiger partial charge in [0.2, 0.25) is 0 Å². The van der Waals surface area contributed by atoms with Gasteiger partial charge in [-0.1, -0.05) is 6.07 Å². The lowest BCUT2D eigenvalue weighted by atomic mass is 10.2. The molecule has 0 spiro atoms. The molecule has 0 aliphatic carbocycles. The third-order valence-electron chi connectivity index (χ3n) is 3.51. The van der Waals surface area contributed by atoms with Gasteiger partial charge in [0.25, 0.3) is 0 Å². The van der Waals surface area contributed by atoms with Crippen molar-refractivity contribution in [2.45, 2.75) is 26.8 Å². The predicted molar refractivity (Wildman–Crippen MR) is 92.7 cm³/mol. The predicted octanol–water partition coefficient (Wildman–Crippen LogP) is 2.15. The van der Waals surface area contributed by atoms with Gasteiger partial charge in [-0.25, -0.2) is 14.4 Å². The van der Waals surface area contributed by atoms with Crippen molar-refractivity contribution in [2.75, 3.05) is 19.8 Å². The Kier molecular flexibility index (Phi) is 6.74. The van der Waals surface area contributed by atoms with Gasteiger partial charge in [-0.2, -0.15) is 0 Å². The van der Waals surface area contributed by atoms with Crippen molar-refractivity contribution in [1.82, 2.24) is 14.9 Å². The molecule has 0 radical (unpaired) electrons. The second-order valence-electron chi connectivity index (χ2n) is 5.31. The Bertz CT molecular complexity index is 683. The number of aromatic nitrogens is 2. The van der Waals surface area contributed by atoms with Crippen LogP contribution in [0.5, 0.6) is 0 Å². The Labute approximate surface area is 141 Å². The summed E-state index contributed by atoms with van der Waals surface area (Å²) in [5.41, 5.74) is 7.02. The Morgan fingerprint density at radius 3 is 2.96 bits per heavy atom. The summed E-state index contributed by atoms with van der Waals surface area (Å²) < 4.78 is 21.2. The first-order valence-electron chi connectivity index (χ1n) is 8.02. The number of halogens is 1. The summed E-state index contributed by atoms with van der Waals surface area (Å²) >= 11 is 0. The zero-order valence-corrected chi connectivity index (χ0v) is 14.1. The van der Waals surface area contributed by atoms with Crippen molar-refractivity contribution in [3.63, 3.8) is 0 Å². The van der Waals surface area contributed by atoms with Crippen LogP contribution in [0, 0.1) is 12.7 Å². The maximum atomic E-state index is 14.3. The standard InChI is InChI=1S/C17H24FN5O/c1-3-24-10-4-7-21-17(19)22-12-14-5-6-16(15(18)11-14)23-9-8-20-13(23)2/h5-6,8-9,11H,3-4,7,10,12H2,1-2H3,(H3,19,21,22). The summed E-state index contributed by atoms with van der Waals surface area (Å²) in [6.07, 6.45) is 4.23. The van der Waals surface area contributed by atoms with Crippen molar-refractivity contribution in [3.8, 4) is 5.69 Å². The molecule has 3 N–H and O–H groups in total. The highest BCUT2D eigenvalue weighted by atomic mass is 19.1. The Balaban J connectivity index is 1.90. The maximum absolute atomic E-state index is 14.3. The Morgan fingerprint density at radius 2 is 2.29 bits per heavy atom. The molecule has 0 unspecified atom stereocenters. The van der Waals surface area contributed by atoms with Gasteiger partial charge in [-0.05, 0) is 38.0 Å². The highest BCUT2D eigenvalue weighted by molar-refractivity contribution is 5.77. The zero-order chi connectivity index (χ0) is 17.4. The Morgan fingerprint density at radius 1 is 1.46 bits per heavy atom. The molecule has 24 heavy (non-hydrogen) atoms. The molecule has 0 aliphatic rings. The van der Waals surface area contributed by atoms with Gasteiger partial charge in [-0.3, -0.25) is 0 Å². The molecular weight excluding hydrogens is 309 g/mol. The van der Waals surface area contributed by atoms with E-state index in [1.54, 1.807) is 23.0 Å². The minimum absolute atomic E-state index is 0.313. The normalized spacial score (nSPS) is 11.7. The molecule has 130 valence electrons. The number of aliphatic imine (C=N–C) groups is 1. The number of imidazole rings is 1. The van der Waals surface area contributed by atoms with Gasteiger partial charge < -0.3 is 20.4 Å². The molecule has 0 saturated carbocycles. The molecule has 0 atom stereocenters. The average Bonchev–Trinajstić information content (AvgIpc) is 2.99. The van der Waals surface area contributed by atoms with Crippen LogP contribution in [0.4, 0.5) is 4.39 Å². The molecule has 2 aromatic rings. The lowest BCUT2D eigenvalue weighted by Crippen LogP contribution is -2.32. The molecule has 0 fully saturated rings. The fourth-order valence-electron chi connectivity index (χ4n) is 2.24. The Hall–Kier alpha value is -2.41. The van der Waals surface area contributed by atoms with Crippen LogP contribution in [0.25, 0.3) is 5.69 Å². The van der Waals surface area contributed by atoms with E-state index in [0.29, 0.717) is 38.0 Å². The first kappa shape index (κ1) is 17.9. The van der Waals surface area contributed by atoms with Crippen molar-refractivity contribution >= 4 is 5.96 Å². The van der Waals surface area contributed by atoms with Crippen LogP contribution in [-0.2, 0) is 11.3 Å². The number of ether oxygens (including phenoxy) is 1. The topological polar surface area (TPSA) is 77.5 Å². The van der Waals surface area contributed by atoms with Crippen molar-refractivity contribution in [3.05, 3.63) is 47.8 Å². The molecule has 7 heteroatoms. The van der Waals surface area contributed by atoms with Crippen LogP contribution >= 0.6 is 0 Å². The van der Waals surface area contributed by atoms with E-state index in [4.69, 9.17) is 10.5 Å². The zero-order valence-electron chi connectivity index (χ0n) is 14.1. The molecule has 1 aromatic carbocycles. The number of hydrogen-bond acceptors (Lipinski definition) is 3. The highest BCUT2D eigenvalue weighted by Crippen LogP contribution is 2.17. The molecule has 0 bridgehead atoms. The van der Waals surface area contributed by atoms with Gasteiger partial charge in [0, 0.05) is 32.2 Å². The number of benzene rings is 1. The molecule has 1 heterocycles. The SMILES string of the molecule is CCOCCCNC(N)=NCc1ccc(-n2ccnc2C)c(F)c1. The average molecular weight is 333 g/mol. The molecule has 0 amide bonds. The van der Waals surface area contributed by atoms with Gasteiger partial charge in [0.05, 0.1) is 12.2 Å². The summed E-state index contributed by atoms with van der Waals surface area (Å²) in [5.74, 6) is 0.772. The summed E-state index contributed by atoms with van der Waals surface area (Å²) in [6.45, 7) is 6.21. The van der Waals surface area contributed by atoms with E-state index < -0.39 is 0 Å². The highest BCUT2D eigenvalue weighted by Gasteiger charge is 2.07.